The molecule has 12 heavy (non-hydrogen) atoms. The minimum atomic E-state index is -0.451. The largest absolute Gasteiger partial charge is 0.461 e. The summed E-state index contributed by atoms with van der Waals surface area (Å²) >= 11 is 0. The van der Waals surface area contributed by atoms with E-state index in [1.807, 2.05) is 0 Å². The molecule has 0 aliphatic heterocycles. The molecule has 4 heteroatoms. The third-order valence-electron chi connectivity index (χ3n) is 1.26. The van der Waals surface area contributed by atoms with E-state index in [-0.39, 0.29) is 0 Å². The summed E-state index contributed by atoms with van der Waals surface area (Å²) in [5.41, 5.74) is 0. The monoisotopic (exact) mass is 173 g/mol. The Morgan fingerprint density at radius 3 is 2.83 bits per heavy atom. The normalized spacial score (nSPS) is 10.2. The zero-order chi connectivity index (χ0) is 9.23. The highest BCUT2D eigenvalue weighted by Crippen LogP contribution is 1.93. The van der Waals surface area contributed by atoms with Gasteiger partial charge in [0.25, 0.3) is 0 Å². The summed E-state index contributed by atoms with van der Waals surface area (Å²) in [4.78, 5) is 15.0. The van der Waals surface area contributed by atoms with Gasteiger partial charge in [-0.25, -0.2) is 4.79 Å². The lowest BCUT2D eigenvalue weighted by atomic mass is 10.3. The van der Waals surface area contributed by atoms with Crippen molar-refractivity contribution in [3.8, 4) is 0 Å². The number of carbonyl (C=O) groups is 1. The molecular formula is C8H15NO3. The minimum Gasteiger partial charge on any atom is -0.461 e. The van der Waals surface area contributed by atoms with Crippen molar-refractivity contribution in [3.63, 3.8) is 0 Å². The molecule has 4 nitrogen and oxygen atoms in total. The first-order chi connectivity index (χ1) is 5.81. The lowest BCUT2D eigenvalue weighted by Gasteiger charge is -1.98. The van der Waals surface area contributed by atoms with Crippen molar-refractivity contribution in [1.82, 2.24) is 0 Å². The van der Waals surface area contributed by atoms with Gasteiger partial charge in [-0.15, -0.1) is 0 Å². The molecule has 0 fully saturated rings. The van der Waals surface area contributed by atoms with Gasteiger partial charge in [0.05, 0.1) is 6.61 Å². The topological polar surface area (TPSA) is 47.9 Å². The fraction of sp³-hybridized carbons (Fsp3) is 0.750. The van der Waals surface area contributed by atoms with Crippen molar-refractivity contribution in [2.45, 2.75) is 26.2 Å². The number of hydrogen-bond donors (Lipinski definition) is 0. The summed E-state index contributed by atoms with van der Waals surface area (Å²) in [6.07, 6.45) is 4.12. The van der Waals surface area contributed by atoms with E-state index in [0.717, 1.165) is 25.5 Å². The number of hydrogen-bond acceptors (Lipinski definition) is 4. The van der Waals surface area contributed by atoms with Crippen LogP contribution in [0.3, 0.4) is 0 Å². The quantitative estimate of drug-likeness (QED) is 0.263. The molecule has 0 rings (SSSR count). The lowest BCUT2D eigenvalue weighted by molar-refractivity contribution is -0.135. The van der Waals surface area contributed by atoms with E-state index in [2.05, 4.69) is 16.9 Å². The molecule has 0 aromatic rings. The summed E-state index contributed by atoms with van der Waals surface area (Å²) in [5, 5.41) is 3.27. The molecule has 0 unspecified atom stereocenters. The fourth-order valence-corrected chi connectivity index (χ4v) is 0.658. The van der Waals surface area contributed by atoms with Crippen LogP contribution in [0.15, 0.2) is 5.16 Å². The molecule has 0 N–H and O–H groups in total. The average Bonchev–Trinajstić information content (AvgIpc) is 2.09. The SMILES string of the molecule is CCCCCOC(=O)C=NOC. The van der Waals surface area contributed by atoms with Crippen LogP contribution in [0.1, 0.15) is 26.2 Å². The zero-order valence-corrected chi connectivity index (χ0v) is 7.58. The van der Waals surface area contributed by atoms with Gasteiger partial charge in [0.15, 0.2) is 6.21 Å². The minimum absolute atomic E-state index is 0.451. The second-order valence-electron chi connectivity index (χ2n) is 2.29. The zero-order valence-electron chi connectivity index (χ0n) is 7.58. The highest BCUT2D eigenvalue weighted by molar-refractivity contribution is 6.22. The summed E-state index contributed by atoms with van der Waals surface area (Å²) in [6.45, 7) is 2.55. The Morgan fingerprint density at radius 2 is 2.25 bits per heavy atom. The maximum atomic E-state index is 10.7. The van der Waals surface area contributed by atoms with Gasteiger partial charge < -0.3 is 9.57 Å². The van der Waals surface area contributed by atoms with E-state index >= 15 is 0 Å². The second-order valence-corrected chi connectivity index (χ2v) is 2.29. The van der Waals surface area contributed by atoms with Gasteiger partial charge in [-0.05, 0) is 6.42 Å². The first-order valence-corrected chi connectivity index (χ1v) is 4.04. The van der Waals surface area contributed by atoms with E-state index in [1.165, 1.54) is 7.11 Å². The van der Waals surface area contributed by atoms with Crippen LogP contribution in [-0.2, 0) is 14.4 Å². The van der Waals surface area contributed by atoms with Gasteiger partial charge in [-0.3, -0.25) is 0 Å². The van der Waals surface area contributed by atoms with Crippen LogP contribution in [0.25, 0.3) is 0 Å². The number of rotatable bonds is 6. The molecule has 0 aliphatic carbocycles. The molecule has 0 spiro atoms. The van der Waals surface area contributed by atoms with Crippen molar-refractivity contribution in [3.05, 3.63) is 0 Å². The van der Waals surface area contributed by atoms with E-state index < -0.39 is 5.97 Å². The Bertz CT molecular complexity index is 145. The summed E-state index contributed by atoms with van der Waals surface area (Å²) in [6, 6.07) is 0. The van der Waals surface area contributed by atoms with Gasteiger partial charge in [0, 0.05) is 0 Å². The van der Waals surface area contributed by atoms with Crippen LogP contribution >= 0.6 is 0 Å². The molecule has 0 aromatic carbocycles. The summed E-state index contributed by atoms with van der Waals surface area (Å²) in [5.74, 6) is -0.451. The predicted octanol–water partition coefficient (Wildman–Crippen LogP) is 1.35. The van der Waals surface area contributed by atoms with Gasteiger partial charge >= 0.3 is 5.97 Å². The number of oxime groups is 1. The maximum Gasteiger partial charge on any atom is 0.352 e. The number of nitrogens with zero attached hydrogens (tertiary/aromatic N) is 1. The Hall–Kier alpha value is -1.06. The van der Waals surface area contributed by atoms with Gasteiger partial charge in [-0.2, -0.15) is 0 Å². The van der Waals surface area contributed by atoms with Crippen LogP contribution in [0.5, 0.6) is 0 Å². The molecule has 0 saturated carbocycles. The van der Waals surface area contributed by atoms with Crippen LogP contribution < -0.4 is 0 Å². The van der Waals surface area contributed by atoms with Crippen molar-refractivity contribution in [2.75, 3.05) is 13.7 Å². The fourth-order valence-electron chi connectivity index (χ4n) is 0.658. The Balaban J connectivity index is 3.25. The molecule has 0 bridgehead atoms. The number of unbranched alkanes of at least 4 members (excludes halogenated alkanes) is 2. The lowest BCUT2D eigenvalue weighted by Crippen LogP contribution is -2.06. The first-order valence-electron chi connectivity index (χ1n) is 4.04. The molecule has 0 heterocycles. The Kier molecular flexibility index (Phi) is 7.33. The molecular weight excluding hydrogens is 158 g/mol. The van der Waals surface area contributed by atoms with Gasteiger partial charge in [-0.1, -0.05) is 24.9 Å². The van der Waals surface area contributed by atoms with Crippen LogP contribution in [0, 0.1) is 0 Å². The summed E-state index contributed by atoms with van der Waals surface area (Å²) in [7, 11) is 1.38. The van der Waals surface area contributed by atoms with Crippen molar-refractivity contribution < 1.29 is 14.4 Å². The number of ether oxygens (including phenoxy) is 1. The predicted molar refractivity (Wildman–Crippen MR) is 46.0 cm³/mol. The smallest absolute Gasteiger partial charge is 0.352 e. The molecule has 70 valence electrons. The molecule has 0 radical (unpaired) electrons. The van der Waals surface area contributed by atoms with E-state index in [0.29, 0.717) is 6.61 Å². The van der Waals surface area contributed by atoms with Crippen LogP contribution in [0.2, 0.25) is 0 Å². The van der Waals surface area contributed by atoms with E-state index in [1.54, 1.807) is 0 Å². The van der Waals surface area contributed by atoms with E-state index in [9.17, 15) is 4.79 Å². The summed E-state index contributed by atoms with van der Waals surface area (Å²) < 4.78 is 4.78. The standard InChI is InChI=1S/C8H15NO3/c1-3-4-5-6-12-8(10)7-9-11-2/h7H,3-6H2,1-2H3. The number of carbonyl (C=O) groups excluding carboxylic acids is 1. The molecule has 0 aromatic heterocycles. The maximum absolute atomic E-state index is 10.7. The highest BCUT2D eigenvalue weighted by Gasteiger charge is 1.96. The van der Waals surface area contributed by atoms with Crippen molar-refractivity contribution in [2.24, 2.45) is 5.16 Å². The number of esters is 1. The van der Waals surface area contributed by atoms with Gasteiger partial charge in [0.1, 0.15) is 7.11 Å². The van der Waals surface area contributed by atoms with Crippen molar-refractivity contribution >= 4 is 12.2 Å². The van der Waals surface area contributed by atoms with Gasteiger partial charge in [0.2, 0.25) is 0 Å². The molecule has 0 aliphatic rings. The molecule has 0 atom stereocenters. The molecule has 0 saturated heterocycles. The van der Waals surface area contributed by atoms with Crippen LogP contribution in [-0.4, -0.2) is 25.9 Å². The third-order valence-corrected chi connectivity index (χ3v) is 1.26. The first kappa shape index (κ1) is 10.9. The Morgan fingerprint density at radius 1 is 1.50 bits per heavy atom. The molecule has 0 amide bonds. The second kappa shape index (κ2) is 8.04. The average molecular weight is 173 g/mol. The van der Waals surface area contributed by atoms with Crippen LogP contribution in [0.4, 0.5) is 0 Å². The Labute approximate surface area is 72.5 Å². The highest BCUT2D eigenvalue weighted by atomic mass is 16.6. The van der Waals surface area contributed by atoms with Crippen molar-refractivity contribution in [1.29, 1.82) is 0 Å². The third kappa shape index (κ3) is 7.05. The van der Waals surface area contributed by atoms with E-state index in [4.69, 9.17) is 4.74 Å².